The van der Waals surface area contributed by atoms with E-state index in [4.69, 9.17) is 20.8 Å². The minimum absolute atomic E-state index is 0.478. The van der Waals surface area contributed by atoms with Crippen molar-refractivity contribution in [3.63, 3.8) is 0 Å². The minimum Gasteiger partial charge on any atom is -0.444 e. The van der Waals surface area contributed by atoms with E-state index in [9.17, 15) is 0 Å². The van der Waals surface area contributed by atoms with E-state index in [-0.39, 0.29) is 0 Å². The highest BCUT2D eigenvalue weighted by Crippen LogP contribution is 2.29. The van der Waals surface area contributed by atoms with Crippen molar-refractivity contribution in [2.24, 2.45) is 0 Å². The SMILES string of the molecule is COCCN(C)CCNCc1c(Cl)oc2ccccc12. The summed E-state index contributed by atoms with van der Waals surface area (Å²) in [6.07, 6.45) is 0. The van der Waals surface area contributed by atoms with Crippen LogP contribution in [0.2, 0.25) is 5.22 Å². The molecule has 2 rings (SSSR count). The van der Waals surface area contributed by atoms with Crippen LogP contribution in [0.25, 0.3) is 11.0 Å². The maximum absolute atomic E-state index is 6.14. The number of fused-ring (bicyclic) bond motifs is 1. The molecule has 0 spiro atoms. The molecule has 1 aromatic carbocycles. The summed E-state index contributed by atoms with van der Waals surface area (Å²) in [5, 5.41) is 4.96. The first-order chi connectivity index (χ1) is 9.72. The van der Waals surface area contributed by atoms with Crippen molar-refractivity contribution in [3.05, 3.63) is 35.0 Å². The summed E-state index contributed by atoms with van der Waals surface area (Å²) < 4.78 is 10.6. The summed E-state index contributed by atoms with van der Waals surface area (Å²) >= 11 is 6.14. The molecule has 1 heterocycles. The maximum Gasteiger partial charge on any atom is 0.199 e. The Morgan fingerprint density at radius 3 is 2.90 bits per heavy atom. The highest BCUT2D eigenvalue weighted by molar-refractivity contribution is 6.30. The van der Waals surface area contributed by atoms with Crippen molar-refractivity contribution in [2.45, 2.75) is 6.54 Å². The third kappa shape index (κ3) is 3.96. The van der Waals surface area contributed by atoms with Gasteiger partial charge in [0.1, 0.15) is 5.58 Å². The molecule has 0 saturated heterocycles. The Bertz CT molecular complexity index is 542. The molecule has 110 valence electrons. The average molecular weight is 297 g/mol. The summed E-state index contributed by atoms with van der Waals surface area (Å²) in [4.78, 5) is 2.23. The minimum atomic E-state index is 0.478. The van der Waals surface area contributed by atoms with Crippen molar-refractivity contribution in [1.29, 1.82) is 0 Å². The third-order valence-corrected chi connectivity index (χ3v) is 3.60. The molecule has 0 amide bonds. The predicted octanol–water partition coefficient (Wildman–Crippen LogP) is 2.75. The number of para-hydroxylation sites is 1. The van der Waals surface area contributed by atoms with E-state index in [1.165, 1.54) is 0 Å². The van der Waals surface area contributed by atoms with E-state index in [0.29, 0.717) is 11.8 Å². The molecule has 20 heavy (non-hydrogen) atoms. The first-order valence-corrected chi connectivity index (χ1v) is 7.14. The number of halogens is 1. The lowest BCUT2D eigenvalue weighted by Gasteiger charge is -2.16. The van der Waals surface area contributed by atoms with Gasteiger partial charge in [0.2, 0.25) is 0 Å². The second kappa shape index (κ2) is 7.64. The van der Waals surface area contributed by atoms with E-state index in [1.54, 1.807) is 7.11 Å². The van der Waals surface area contributed by atoms with Crippen molar-refractivity contribution in [2.75, 3.05) is 40.4 Å². The van der Waals surface area contributed by atoms with Gasteiger partial charge in [-0.15, -0.1) is 0 Å². The van der Waals surface area contributed by atoms with Crippen LogP contribution in [0.1, 0.15) is 5.56 Å². The lowest BCUT2D eigenvalue weighted by molar-refractivity contribution is 0.161. The second-order valence-corrected chi connectivity index (χ2v) is 5.17. The third-order valence-electron chi connectivity index (χ3n) is 3.30. The van der Waals surface area contributed by atoms with Crippen molar-refractivity contribution in [1.82, 2.24) is 10.2 Å². The molecule has 0 aliphatic carbocycles. The first kappa shape index (κ1) is 15.3. The number of nitrogens with one attached hydrogen (secondary N) is 1. The lowest BCUT2D eigenvalue weighted by atomic mass is 10.2. The smallest absolute Gasteiger partial charge is 0.199 e. The van der Waals surface area contributed by atoms with Gasteiger partial charge in [0.05, 0.1) is 6.61 Å². The number of nitrogens with zero attached hydrogens (tertiary/aromatic N) is 1. The van der Waals surface area contributed by atoms with Crippen LogP contribution in [-0.4, -0.2) is 45.3 Å². The molecular formula is C15H21ClN2O2. The summed E-state index contributed by atoms with van der Waals surface area (Å²) in [5.41, 5.74) is 1.87. The van der Waals surface area contributed by atoms with Crippen LogP contribution in [0.15, 0.2) is 28.7 Å². The monoisotopic (exact) mass is 296 g/mol. The Labute approximate surface area is 124 Å². The molecule has 1 N–H and O–H groups in total. The van der Waals surface area contributed by atoms with Crippen molar-refractivity contribution >= 4 is 22.6 Å². The van der Waals surface area contributed by atoms with Crippen LogP contribution in [0.5, 0.6) is 0 Å². The Balaban J connectivity index is 1.83. The highest BCUT2D eigenvalue weighted by atomic mass is 35.5. The van der Waals surface area contributed by atoms with Gasteiger partial charge in [-0.05, 0) is 24.7 Å². The van der Waals surface area contributed by atoms with Crippen molar-refractivity contribution in [3.8, 4) is 0 Å². The zero-order valence-electron chi connectivity index (χ0n) is 12.0. The number of hydrogen-bond acceptors (Lipinski definition) is 4. The van der Waals surface area contributed by atoms with Gasteiger partial charge in [0.25, 0.3) is 0 Å². The van der Waals surface area contributed by atoms with Crippen LogP contribution < -0.4 is 5.32 Å². The number of benzene rings is 1. The predicted molar refractivity (Wildman–Crippen MR) is 82.3 cm³/mol. The maximum atomic E-state index is 6.14. The number of ether oxygens (including phenoxy) is 1. The Morgan fingerprint density at radius 2 is 2.10 bits per heavy atom. The lowest BCUT2D eigenvalue weighted by Crippen LogP contribution is -2.31. The van der Waals surface area contributed by atoms with Gasteiger partial charge in [0.15, 0.2) is 5.22 Å². The van der Waals surface area contributed by atoms with Gasteiger partial charge in [-0.1, -0.05) is 18.2 Å². The molecule has 1 aromatic heterocycles. The van der Waals surface area contributed by atoms with Gasteiger partial charge in [0, 0.05) is 44.2 Å². The van der Waals surface area contributed by atoms with Crippen LogP contribution >= 0.6 is 11.6 Å². The molecule has 0 radical (unpaired) electrons. The molecule has 0 saturated carbocycles. The van der Waals surface area contributed by atoms with Gasteiger partial charge < -0.3 is 19.4 Å². The zero-order valence-corrected chi connectivity index (χ0v) is 12.7. The largest absolute Gasteiger partial charge is 0.444 e. The van der Waals surface area contributed by atoms with E-state index in [1.807, 2.05) is 24.3 Å². The molecule has 0 fully saturated rings. The van der Waals surface area contributed by atoms with Crippen molar-refractivity contribution < 1.29 is 9.15 Å². The fourth-order valence-corrected chi connectivity index (χ4v) is 2.33. The van der Waals surface area contributed by atoms with E-state index >= 15 is 0 Å². The highest BCUT2D eigenvalue weighted by Gasteiger charge is 2.11. The number of furan rings is 1. The summed E-state index contributed by atoms with van der Waals surface area (Å²) in [5.74, 6) is 0. The van der Waals surface area contributed by atoms with Crippen LogP contribution in [0, 0.1) is 0 Å². The normalized spacial score (nSPS) is 11.6. The van der Waals surface area contributed by atoms with Gasteiger partial charge in [-0.3, -0.25) is 0 Å². The molecule has 4 nitrogen and oxygen atoms in total. The fraction of sp³-hybridized carbons (Fsp3) is 0.467. The zero-order chi connectivity index (χ0) is 14.4. The molecular weight excluding hydrogens is 276 g/mol. The molecule has 0 aliphatic heterocycles. The second-order valence-electron chi connectivity index (χ2n) is 4.82. The van der Waals surface area contributed by atoms with Gasteiger partial charge >= 0.3 is 0 Å². The number of hydrogen-bond donors (Lipinski definition) is 1. The first-order valence-electron chi connectivity index (χ1n) is 6.76. The quantitative estimate of drug-likeness (QED) is 0.760. The summed E-state index contributed by atoms with van der Waals surface area (Å²) in [6.45, 7) is 4.28. The van der Waals surface area contributed by atoms with Crippen LogP contribution in [-0.2, 0) is 11.3 Å². The Kier molecular flexibility index (Phi) is 5.86. The van der Waals surface area contributed by atoms with E-state index in [0.717, 1.165) is 42.8 Å². The number of rotatable bonds is 8. The average Bonchev–Trinajstić information content (AvgIpc) is 2.77. The topological polar surface area (TPSA) is 37.6 Å². The molecule has 0 atom stereocenters. The Morgan fingerprint density at radius 1 is 1.30 bits per heavy atom. The van der Waals surface area contributed by atoms with Crippen LogP contribution in [0.3, 0.4) is 0 Å². The van der Waals surface area contributed by atoms with E-state index in [2.05, 4.69) is 17.3 Å². The molecule has 2 aromatic rings. The van der Waals surface area contributed by atoms with Gasteiger partial charge in [-0.25, -0.2) is 0 Å². The standard InChI is InChI=1S/C15H21ClN2O2/c1-18(9-10-19-2)8-7-17-11-13-12-5-3-4-6-14(12)20-15(13)16/h3-6,17H,7-11H2,1-2H3. The molecule has 0 unspecified atom stereocenters. The van der Waals surface area contributed by atoms with Crippen LogP contribution in [0.4, 0.5) is 0 Å². The molecule has 5 heteroatoms. The summed E-state index contributed by atoms with van der Waals surface area (Å²) in [6, 6.07) is 7.91. The molecule has 0 aliphatic rings. The molecule has 0 bridgehead atoms. The number of methoxy groups -OCH3 is 1. The van der Waals surface area contributed by atoms with E-state index < -0.39 is 0 Å². The Hall–Kier alpha value is -1.07. The fourth-order valence-electron chi connectivity index (χ4n) is 2.08. The number of likely N-dealkylation sites (N-methyl/N-ethyl adjacent to an activating group) is 1. The van der Waals surface area contributed by atoms with Gasteiger partial charge in [-0.2, -0.15) is 0 Å². The summed E-state index contributed by atoms with van der Waals surface area (Å²) in [7, 11) is 3.80.